The van der Waals surface area contributed by atoms with Gasteiger partial charge in [-0.15, -0.1) is 23.4 Å². The van der Waals surface area contributed by atoms with Gasteiger partial charge in [-0.1, -0.05) is 0 Å². The topological polar surface area (TPSA) is 25.4 Å². The third-order valence-electron chi connectivity index (χ3n) is 4.00. The molecule has 2 heterocycles. The Kier molecular flexibility index (Phi) is 5.21. The summed E-state index contributed by atoms with van der Waals surface area (Å²) in [5.74, 6) is 1.13. The molecule has 1 saturated heterocycles. The number of ether oxygens (including phenoxy) is 1. The molecule has 5 heteroatoms. The summed E-state index contributed by atoms with van der Waals surface area (Å²) < 4.78 is 5.38. The number of thioether (sulfide) groups is 1. The number of morpholine rings is 1. The number of halogens is 1. The van der Waals surface area contributed by atoms with Crippen LogP contribution in [0, 0.1) is 0 Å². The Labute approximate surface area is 130 Å². The van der Waals surface area contributed by atoms with Crippen LogP contribution in [-0.4, -0.2) is 48.5 Å². The van der Waals surface area contributed by atoms with Gasteiger partial charge in [0.05, 0.1) is 24.3 Å². The highest BCUT2D eigenvalue weighted by atomic mass is 35.5. The molecule has 0 radical (unpaired) electrons. The highest BCUT2D eigenvalue weighted by Gasteiger charge is 2.22. The summed E-state index contributed by atoms with van der Waals surface area (Å²) >= 11 is 8.33. The van der Waals surface area contributed by atoms with Crippen molar-refractivity contribution < 1.29 is 4.74 Å². The fourth-order valence-electron chi connectivity index (χ4n) is 2.85. The fourth-order valence-corrected chi connectivity index (χ4v) is 4.30. The number of pyridine rings is 1. The van der Waals surface area contributed by atoms with Crippen LogP contribution < -0.4 is 0 Å². The maximum Gasteiger partial charge on any atom is 0.0760 e. The lowest BCUT2D eigenvalue weighted by molar-refractivity contribution is 0.0410. The smallest absolute Gasteiger partial charge is 0.0760 e. The molecule has 0 amide bonds. The normalized spacial score (nSPS) is 23.6. The summed E-state index contributed by atoms with van der Waals surface area (Å²) in [7, 11) is 0. The number of fused-ring (bicyclic) bond motifs is 1. The summed E-state index contributed by atoms with van der Waals surface area (Å²) in [6.45, 7) is 5.03. The van der Waals surface area contributed by atoms with E-state index < -0.39 is 0 Å². The van der Waals surface area contributed by atoms with Gasteiger partial charge in [0.15, 0.2) is 0 Å². The quantitative estimate of drug-likeness (QED) is 0.630. The number of rotatable bonds is 4. The van der Waals surface area contributed by atoms with E-state index in [9.17, 15) is 0 Å². The van der Waals surface area contributed by atoms with Gasteiger partial charge in [-0.2, -0.15) is 0 Å². The first-order chi connectivity index (χ1) is 9.84. The Balaban J connectivity index is 1.58. The Morgan fingerprint density at radius 3 is 3.10 bits per heavy atom. The van der Waals surface area contributed by atoms with Crippen LogP contribution in [0.5, 0.6) is 0 Å². The molecule has 20 heavy (non-hydrogen) atoms. The summed E-state index contributed by atoms with van der Waals surface area (Å²) in [4.78, 5) is 8.35. The van der Waals surface area contributed by atoms with Crippen LogP contribution in [0.4, 0.5) is 0 Å². The zero-order valence-electron chi connectivity index (χ0n) is 11.7. The molecule has 0 aromatic carbocycles. The molecule has 3 nitrogen and oxygen atoms in total. The number of hydrogen-bond acceptors (Lipinski definition) is 4. The molecule has 1 atom stereocenters. The van der Waals surface area contributed by atoms with E-state index >= 15 is 0 Å². The zero-order valence-corrected chi connectivity index (χ0v) is 13.3. The van der Waals surface area contributed by atoms with Crippen molar-refractivity contribution >= 4 is 23.4 Å². The lowest BCUT2D eigenvalue weighted by Gasteiger charge is -2.26. The summed E-state index contributed by atoms with van der Waals surface area (Å²) in [5, 5.41) is 0.110. The largest absolute Gasteiger partial charge is 0.379 e. The van der Waals surface area contributed by atoms with E-state index in [2.05, 4.69) is 16.0 Å². The molecule has 1 aliphatic heterocycles. The number of aromatic nitrogens is 1. The first-order valence-electron chi connectivity index (χ1n) is 7.39. The number of hydrogen-bond donors (Lipinski definition) is 0. The Morgan fingerprint density at radius 2 is 2.25 bits per heavy atom. The van der Waals surface area contributed by atoms with Crippen LogP contribution >= 0.6 is 23.4 Å². The van der Waals surface area contributed by atoms with Gasteiger partial charge in [0, 0.05) is 36.5 Å². The van der Waals surface area contributed by atoms with Crippen LogP contribution in [0.1, 0.15) is 29.5 Å². The van der Waals surface area contributed by atoms with Crippen molar-refractivity contribution in [2.75, 3.05) is 38.6 Å². The van der Waals surface area contributed by atoms with Gasteiger partial charge in [-0.05, 0) is 30.9 Å². The van der Waals surface area contributed by atoms with Gasteiger partial charge in [-0.3, -0.25) is 9.88 Å². The van der Waals surface area contributed by atoms with Crippen LogP contribution in [0.2, 0.25) is 0 Å². The van der Waals surface area contributed by atoms with Crippen LogP contribution in [0.25, 0.3) is 0 Å². The Hall–Kier alpha value is -0.290. The van der Waals surface area contributed by atoms with E-state index in [0.717, 1.165) is 57.1 Å². The van der Waals surface area contributed by atoms with Crippen molar-refractivity contribution in [3.63, 3.8) is 0 Å². The van der Waals surface area contributed by atoms with Crippen molar-refractivity contribution in [3.8, 4) is 0 Å². The van der Waals surface area contributed by atoms with Gasteiger partial charge in [-0.25, -0.2) is 0 Å². The molecule has 1 unspecified atom stereocenters. The highest BCUT2D eigenvalue weighted by Crippen LogP contribution is 2.37. The van der Waals surface area contributed by atoms with Gasteiger partial charge in [0.1, 0.15) is 0 Å². The minimum absolute atomic E-state index is 0.110. The van der Waals surface area contributed by atoms with Crippen LogP contribution in [0.15, 0.2) is 17.2 Å². The first-order valence-corrected chi connectivity index (χ1v) is 8.81. The van der Waals surface area contributed by atoms with Gasteiger partial charge in [0.2, 0.25) is 0 Å². The lowest BCUT2D eigenvalue weighted by atomic mass is 9.96. The van der Waals surface area contributed by atoms with E-state index in [1.165, 1.54) is 16.9 Å². The predicted molar refractivity (Wildman–Crippen MR) is 83.8 cm³/mol. The minimum Gasteiger partial charge on any atom is -0.379 e. The van der Waals surface area contributed by atoms with E-state index in [0.29, 0.717) is 0 Å². The maximum atomic E-state index is 6.38. The second kappa shape index (κ2) is 7.12. The number of alkyl halides is 1. The summed E-state index contributed by atoms with van der Waals surface area (Å²) in [5.41, 5.74) is 2.51. The summed E-state index contributed by atoms with van der Waals surface area (Å²) in [6.07, 6.45) is 5.29. The average Bonchev–Trinajstić information content (AvgIpc) is 2.49. The molecule has 1 fully saturated rings. The third-order valence-corrected chi connectivity index (χ3v) is 5.50. The molecule has 3 rings (SSSR count). The zero-order chi connectivity index (χ0) is 13.8. The second-order valence-electron chi connectivity index (χ2n) is 5.34. The lowest BCUT2D eigenvalue weighted by Crippen LogP contribution is -2.37. The van der Waals surface area contributed by atoms with Crippen molar-refractivity contribution in [2.45, 2.75) is 29.5 Å². The molecule has 0 saturated carbocycles. The third kappa shape index (κ3) is 3.48. The average molecular weight is 313 g/mol. The van der Waals surface area contributed by atoms with Gasteiger partial charge >= 0.3 is 0 Å². The maximum absolute atomic E-state index is 6.38. The second-order valence-corrected chi connectivity index (χ2v) is 7.00. The molecule has 1 aromatic rings. The van der Waals surface area contributed by atoms with Crippen LogP contribution in [-0.2, 0) is 11.2 Å². The molecule has 0 N–H and O–H groups in total. The number of nitrogens with zero attached hydrogens (tertiary/aromatic N) is 2. The monoisotopic (exact) mass is 312 g/mol. The van der Waals surface area contributed by atoms with Crippen molar-refractivity contribution in [2.24, 2.45) is 0 Å². The standard InChI is InChI=1S/C15H21ClN2OS/c16-13-3-1-2-12-14(4-5-17-15(12)13)20-11-8-18-6-9-19-10-7-18/h4-5,13H,1-3,6-11H2. The molecule has 110 valence electrons. The van der Waals surface area contributed by atoms with Gasteiger partial charge in [0.25, 0.3) is 0 Å². The van der Waals surface area contributed by atoms with Crippen molar-refractivity contribution in [1.29, 1.82) is 0 Å². The fraction of sp³-hybridized carbons (Fsp3) is 0.667. The Bertz CT molecular complexity index is 451. The summed E-state index contributed by atoms with van der Waals surface area (Å²) in [6, 6.07) is 2.15. The molecular weight excluding hydrogens is 292 g/mol. The molecular formula is C15H21ClN2OS. The minimum atomic E-state index is 0.110. The van der Waals surface area contributed by atoms with Crippen molar-refractivity contribution in [3.05, 3.63) is 23.5 Å². The van der Waals surface area contributed by atoms with Gasteiger partial charge < -0.3 is 4.74 Å². The molecule has 1 aliphatic carbocycles. The first kappa shape index (κ1) is 14.6. The molecule has 2 aliphatic rings. The highest BCUT2D eigenvalue weighted by molar-refractivity contribution is 7.99. The van der Waals surface area contributed by atoms with E-state index in [1.807, 2.05) is 18.0 Å². The molecule has 0 spiro atoms. The molecule has 1 aromatic heterocycles. The van der Waals surface area contributed by atoms with Crippen LogP contribution in [0.3, 0.4) is 0 Å². The van der Waals surface area contributed by atoms with E-state index in [1.54, 1.807) is 0 Å². The Morgan fingerprint density at radius 1 is 1.40 bits per heavy atom. The van der Waals surface area contributed by atoms with E-state index in [-0.39, 0.29) is 5.38 Å². The molecule has 0 bridgehead atoms. The SMILES string of the molecule is ClC1CCCc2c(SCCN3CCOCC3)ccnc21. The van der Waals surface area contributed by atoms with Crippen molar-refractivity contribution in [1.82, 2.24) is 9.88 Å². The predicted octanol–water partition coefficient (Wildman–Crippen LogP) is 3.12. The van der Waals surface area contributed by atoms with E-state index in [4.69, 9.17) is 16.3 Å².